The first-order valence-corrected chi connectivity index (χ1v) is 5.35. The van der Waals surface area contributed by atoms with E-state index in [-0.39, 0.29) is 0 Å². The van der Waals surface area contributed by atoms with Gasteiger partial charge in [0.2, 0.25) is 0 Å². The number of rotatable bonds is 4. The Morgan fingerprint density at radius 1 is 1.43 bits per heavy atom. The summed E-state index contributed by atoms with van der Waals surface area (Å²) < 4.78 is 0. The molecule has 2 rings (SSSR count). The van der Waals surface area contributed by atoms with Gasteiger partial charge in [-0.05, 0) is 44.5 Å². The van der Waals surface area contributed by atoms with Crippen LogP contribution in [0.2, 0.25) is 0 Å². The summed E-state index contributed by atoms with van der Waals surface area (Å²) in [5.41, 5.74) is 1.17. The Balaban J connectivity index is 1.62. The average Bonchev–Trinajstić information content (AvgIpc) is 2.72. The van der Waals surface area contributed by atoms with E-state index in [2.05, 4.69) is 20.8 Å². The van der Waals surface area contributed by atoms with Gasteiger partial charge in [0.05, 0.1) is 0 Å². The Bertz CT molecular complexity index is 239. The standard InChI is InChI=1S/C10H18N4/c1-4-11-5-2-9(1)7-12-8-10-3-6-13-14-10/h3,6,9,11-12H,1-2,4-5,7-8H2,(H,13,14). The van der Waals surface area contributed by atoms with Crippen LogP contribution in [0.25, 0.3) is 0 Å². The van der Waals surface area contributed by atoms with Crippen LogP contribution in [-0.4, -0.2) is 29.8 Å². The van der Waals surface area contributed by atoms with E-state index in [1.807, 2.05) is 6.07 Å². The summed E-state index contributed by atoms with van der Waals surface area (Å²) in [6.45, 7) is 4.39. The second-order valence-electron chi connectivity index (χ2n) is 3.91. The normalized spacial score (nSPS) is 18.6. The minimum Gasteiger partial charge on any atom is -0.317 e. The van der Waals surface area contributed by atoms with Crippen molar-refractivity contribution in [3.05, 3.63) is 18.0 Å². The molecule has 0 atom stereocenters. The van der Waals surface area contributed by atoms with Gasteiger partial charge in [0, 0.05) is 18.4 Å². The monoisotopic (exact) mass is 194 g/mol. The lowest BCUT2D eigenvalue weighted by molar-refractivity contribution is 0.356. The summed E-state index contributed by atoms with van der Waals surface area (Å²) in [4.78, 5) is 0. The molecule has 1 aliphatic heterocycles. The van der Waals surface area contributed by atoms with Crippen LogP contribution in [0.4, 0.5) is 0 Å². The Morgan fingerprint density at radius 3 is 3.00 bits per heavy atom. The smallest absolute Gasteiger partial charge is 0.0490 e. The quantitative estimate of drug-likeness (QED) is 0.654. The van der Waals surface area contributed by atoms with Crippen molar-refractivity contribution < 1.29 is 0 Å². The molecule has 0 aliphatic carbocycles. The van der Waals surface area contributed by atoms with Crippen molar-refractivity contribution in [1.82, 2.24) is 20.8 Å². The molecule has 4 nitrogen and oxygen atoms in total. The summed E-state index contributed by atoms with van der Waals surface area (Å²) >= 11 is 0. The van der Waals surface area contributed by atoms with Crippen LogP contribution in [0, 0.1) is 5.92 Å². The van der Waals surface area contributed by atoms with Crippen molar-refractivity contribution in [2.75, 3.05) is 19.6 Å². The maximum atomic E-state index is 3.91. The van der Waals surface area contributed by atoms with E-state index in [9.17, 15) is 0 Å². The molecular formula is C10H18N4. The molecular weight excluding hydrogens is 176 g/mol. The molecule has 1 aromatic heterocycles. The van der Waals surface area contributed by atoms with Gasteiger partial charge in [0.15, 0.2) is 0 Å². The molecule has 1 aliphatic rings. The zero-order valence-electron chi connectivity index (χ0n) is 8.42. The van der Waals surface area contributed by atoms with Crippen LogP contribution in [-0.2, 0) is 6.54 Å². The molecule has 4 heteroatoms. The summed E-state index contributed by atoms with van der Waals surface area (Å²) in [6, 6.07) is 2.01. The molecule has 0 amide bonds. The molecule has 1 aromatic rings. The van der Waals surface area contributed by atoms with E-state index in [1.165, 1.54) is 31.6 Å². The Labute approximate surface area is 84.5 Å². The summed E-state index contributed by atoms with van der Waals surface area (Å²) in [7, 11) is 0. The third-order valence-corrected chi connectivity index (χ3v) is 2.77. The number of aromatic amines is 1. The lowest BCUT2D eigenvalue weighted by Crippen LogP contribution is -2.33. The van der Waals surface area contributed by atoms with Crippen molar-refractivity contribution in [3.8, 4) is 0 Å². The maximum absolute atomic E-state index is 3.91. The van der Waals surface area contributed by atoms with Gasteiger partial charge in [0.25, 0.3) is 0 Å². The predicted octanol–water partition coefficient (Wildman–Crippen LogP) is 0.499. The highest BCUT2D eigenvalue weighted by molar-refractivity contribution is 4.96. The molecule has 1 saturated heterocycles. The fourth-order valence-electron chi connectivity index (χ4n) is 1.88. The van der Waals surface area contributed by atoms with Gasteiger partial charge < -0.3 is 10.6 Å². The summed E-state index contributed by atoms with van der Waals surface area (Å²) in [5, 5.41) is 13.7. The van der Waals surface area contributed by atoms with E-state index in [4.69, 9.17) is 0 Å². The van der Waals surface area contributed by atoms with Crippen molar-refractivity contribution in [2.24, 2.45) is 5.92 Å². The molecule has 78 valence electrons. The number of H-pyrrole nitrogens is 1. The Hall–Kier alpha value is -0.870. The van der Waals surface area contributed by atoms with Crippen LogP contribution in [0.3, 0.4) is 0 Å². The van der Waals surface area contributed by atoms with Gasteiger partial charge in [-0.3, -0.25) is 5.10 Å². The zero-order chi connectivity index (χ0) is 9.64. The number of nitrogens with zero attached hydrogens (tertiary/aromatic N) is 1. The fraction of sp³-hybridized carbons (Fsp3) is 0.700. The largest absolute Gasteiger partial charge is 0.317 e. The van der Waals surface area contributed by atoms with Gasteiger partial charge in [-0.25, -0.2) is 0 Å². The first kappa shape index (κ1) is 9.68. The van der Waals surface area contributed by atoms with Crippen molar-refractivity contribution in [3.63, 3.8) is 0 Å². The first-order valence-electron chi connectivity index (χ1n) is 5.35. The number of aromatic nitrogens is 2. The molecule has 14 heavy (non-hydrogen) atoms. The second-order valence-corrected chi connectivity index (χ2v) is 3.91. The van der Waals surface area contributed by atoms with E-state index >= 15 is 0 Å². The van der Waals surface area contributed by atoms with Gasteiger partial charge in [-0.1, -0.05) is 0 Å². The topological polar surface area (TPSA) is 52.7 Å². The number of piperidine rings is 1. The van der Waals surface area contributed by atoms with Gasteiger partial charge in [-0.15, -0.1) is 0 Å². The van der Waals surface area contributed by atoms with Crippen LogP contribution in [0.1, 0.15) is 18.5 Å². The highest BCUT2D eigenvalue weighted by atomic mass is 15.1. The molecule has 3 N–H and O–H groups in total. The Morgan fingerprint density at radius 2 is 2.29 bits per heavy atom. The van der Waals surface area contributed by atoms with Gasteiger partial charge in [-0.2, -0.15) is 5.10 Å². The molecule has 2 heterocycles. The molecule has 0 spiro atoms. The minimum atomic E-state index is 0.846. The zero-order valence-corrected chi connectivity index (χ0v) is 8.42. The third-order valence-electron chi connectivity index (χ3n) is 2.77. The molecule has 0 radical (unpaired) electrons. The molecule has 0 bridgehead atoms. The summed E-state index contributed by atoms with van der Waals surface area (Å²) in [5.74, 6) is 0.846. The minimum absolute atomic E-state index is 0.846. The number of nitrogens with one attached hydrogen (secondary N) is 3. The molecule has 1 fully saturated rings. The third kappa shape index (κ3) is 2.82. The van der Waals surface area contributed by atoms with Crippen molar-refractivity contribution in [2.45, 2.75) is 19.4 Å². The highest BCUT2D eigenvalue weighted by Gasteiger charge is 2.11. The van der Waals surface area contributed by atoms with Crippen LogP contribution in [0.5, 0.6) is 0 Å². The van der Waals surface area contributed by atoms with E-state index in [0.717, 1.165) is 19.0 Å². The van der Waals surface area contributed by atoms with E-state index in [0.29, 0.717) is 0 Å². The first-order chi connectivity index (χ1) is 6.95. The van der Waals surface area contributed by atoms with Crippen LogP contribution in [0.15, 0.2) is 12.3 Å². The number of hydrogen-bond donors (Lipinski definition) is 3. The van der Waals surface area contributed by atoms with E-state index in [1.54, 1.807) is 6.20 Å². The summed E-state index contributed by atoms with van der Waals surface area (Å²) in [6.07, 6.45) is 4.40. The lowest BCUT2D eigenvalue weighted by Gasteiger charge is -2.22. The SMILES string of the molecule is c1cc(CNCC2CCNCC2)[nH]n1. The number of hydrogen-bond acceptors (Lipinski definition) is 3. The molecule has 0 unspecified atom stereocenters. The van der Waals surface area contributed by atoms with Crippen LogP contribution >= 0.6 is 0 Å². The molecule has 0 saturated carbocycles. The predicted molar refractivity (Wildman–Crippen MR) is 55.9 cm³/mol. The highest BCUT2D eigenvalue weighted by Crippen LogP contribution is 2.09. The van der Waals surface area contributed by atoms with Gasteiger partial charge in [0.1, 0.15) is 0 Å². The fourth-order valence-corrected chi connectivity index (χ4v) is 1.88. The second kappa shape index (κ2) is 5.12. The van der Waals surface area contributed by atoms with Crippen molar-refractivity contribution in [1.29, 1.82) is 0 Å². The maximum Gasteiger partial charge on any atom is 0.0490 e. The van der Waals surface area contributed by atoms with Crippen molar-refractivity contribution >= 4 is 0 Å². The average molecular weight is 194 g/mol. The lowest BCUT2D eigenvalue weighted by atomic mass is 9.98. The van der Waals surface area contributed by atoms with Crippen LogP contribution < -0.4 is 10.6 Å². The van der Waals surface area contributed by atoms with E-state index < -0.39 is 0 Å². The Kier molecular flexibility index (Phi) is 3.54. The molecule has 0 aromatic carbocycles. The van der Waals surface area contributed by atoms with Gasteiger partial charge >= 0.3 is 0 Å².